The van der Waals surface area contributed by atoms with Gasteiger partial charge in [0.05, 0.1) is 32.0 Å². The first-order chi connectivity index (χ1) is 9.90. The highest BCUT2D eigenvalue weighted by Crippen LogP contribution is 2.17. The van der Waals surface area contributed by atoms with Crippen LogP contribution in [0, 0.1) is 0 Å². The van der Waals surface area contributed by atoms with E-state index in [1.54, 1.807) is 13.8 Å². The average molecular weight is 307 g/mol. The van der Waals surface area contributed by atoms with Crippen molar-refractivity contribution >= 4 is 5.91 Å². The lowest BCUT2D eigenvalue weighted by Gasteiger charge is -2.29. The molecule has 7 heteroatoms. The maximum Gasteiger partial charge on any atom is 0.216 e. The van der Waals surface area contributed by atoms with Gasteiger partial charge in [0.1, 0.15) is 6.17 Å². The van der Waals surface area contributed by atoms with Gasteiger partial charge in [-0.25, -0.2) is 4.39 Å². The first kappa shape index (κ1) is 20.2. The van der Waals surface area contributed by atoms with Crippen molar-refractivity contribution < 1.29 is 18.7 Å². The fourth-order valence-corrected chi connectivity index (χ4v) is 1.50. The summed E-state index contributed by atoms with van der Waals surface area (Å²) in [5, 5.41) is 8.61. The molecule has 0 radical (unpaired) electrons. The van der Waals surface area contributed by atoms with Crippen LogP contribution in [0.3, 0.4) is 0 Å². The standard InChI is InChI=1S/C14H30FN3O3/c1-12(19)18-11-13(15)14(2,3)21-10-7-17-6-9-20-8-5-16-4/h13,16-17H,5-11H2,1-4H3,(H,18,19). The summed E-state index contributed by atoms with van der Waals surface area (Å²) in [5.74, 6) is -0.242. The SMILES string of the molecule is CNCCOCCNCCOC(C)(C)C(F)CNC(C)=O. The van der Waals surface area contributed by atoms with Crippen LogP contribution >= 0.6 is 0 Å². The van der Waals surface area contributed by atoms with Gasteiger partial charge in [-0.3, -0.25) is 4.79 Å². The molecule has 0 bridgehead atoms. The number of alkyl halides is 1. The maximum atomic E-state index is 13.9. The van der Waals surface area contributed by atoms with Gasteiger partial charge in [0, 0.05) is 26.6 Å². The Labute approximate surface area is 127 Å². The van der Waals surface area contributed by atoms with Gasteiger partial charge in [-0.15, -0.1) is 0 Å². The molecule has 6 nitrogen and oxygen atoms in total. The lowest BCUT2D eigenvalue weighted by atomic mass is 10.0. The molecular formula is C14H30FN3O3. The Morgan fingerprint density at radius 3 is 2.43 bits per heavy atom. The van der Waals surface area contributed by atoms with E-state index in [9.17, 15) is 9.18 Å². The third kappa shape index (κ3) is 11.6. The van der Waals surface area contributed by atoms with Crippen molar-refractivity contribution in [3.63, 3.8) is 0 Å². The lowest BCUT2D eigenvalue weighted by Crippen LogP contribution is -2.44. The molecule has 0 aromatic rings. The van der Waals surface area contributed by atoms with Gasteiger partial charge in [-0.2, -0.15) is 0 Å². The number of carbonyl (C=O) groups excluding carboxylic acids is 1. The van der Waals surface area contributed by atoms with E-state index in [2.05, 4.69) is 16.0 Å². The molecule has 0 rings (SSSR count). The minimum Gasteiger partial charge on any atom is -0.379 e. The van der Waals surface area contributed by atoms with Crippen molar-refractivity contribution in [2.24, 2.45) is 0 Å². The van der Waals surface area contributed by atoms with Gasteiger partial charge in [-0.05, 0) is 20.9 Å². The predicted octanol–water partition coefficient (Wildman–Crippen LogP) is 0.0814. The summed E-state index contributed by atoms with van der Waals surface area (Å²) in [7, 11) is 1.88. The number of rotatable bonds is 13. The molecule has 126 valence electrons. The minimum absolute atomic E-state index is 0.0327. The van der Waals surface area contributed by atoms with Crippen LogP contribution in [0.1, 0.15) is 20.8 Å². The fraction of sp³-hybridized carbons (Fsp3) is 0.929. The summed E-state index contributed by atoms with van der Waals surface area (Å²) in [4.78, 5) is 10.8. The van der Waals surface area contributed by atoms with E-state index in [4.69, 9.17) is 9.47 Å². The zero-order valence-corrected chi connectivity index (χ0v) is 13.6. The van der Waals surface area contributed by atoms with Gasteiger partial charge in [-0.1, -0.05) is 0 Å². The summed E-state index contributed by atoms with van der Waals surface area (Å²) in [6.45, 7) is 8.63. The Hall–Kier alpha value is -0.760. The van der Waals surface area contributed by atoms with Crippen molar-refractivity contribution in [2.45, 2.75) is 32.5 Å². The van der Waals surface area contributed by atoms with Gasteiger partial charge >= 0.3 is 0 Å². The summed E-state index contributed by atoms with van der Waals surface area (Å²) in [6, 6.07) is 0. The molecule has 1 atom stereocenters. The molecule has 0 aliphatic carbocycles. The monoisotopic (exact) mass is 307 g/mol. The van der Waals surface area contributed by atoms with Gasteiger partial charge < -0.3 is 25.4 Å². The topological polar surface area (TPSA) is 71.6 Å². The number of amides is 1. The van der Waals surface area contributed by atoms with E-state index in [0.29, 0.717) is 26.4 Å². The Bertz CT molecular complexity index is 278. The Morgan fingerprint density at radius 1 is 1.19 bits per heavy atom. The van der Waals surface area contributed by atoms with Crippen LogP contribution in [-0.4, -0.2) is 70.7 Å². The zero-order chi connectivity index (χ0) is 16.1. The Balaban J connectivity index is 3.58. The highest BCUT2D eigenvalue weighted by atomic mass is 19.1. The van der Waals surface area contributed by atoms with Crippen molar-refractivity contribution in [2.75, 3.05) is 53.0 Å². The number of nitrogens with one attached hydrogen (secondary N) is 3. The van der Waals surface area contributed by atoms with Crippen LogP contribution in [0.25, 0.3) is 0 Å². The van der Waals surface area contributed by atoms with Gasteiger partial charge in [0.2, 0.25) is 5.91 Å². The van der Waals surface area contributed by atoms with Crippen LogP contribution in [0.15, 0.2) is 0 Å². The molecule has 0 spiro atoms. The van der Waals surface area contributed by atoms with E-state index in [1.807, 2.05) is 7.05 Å². The van der Waals surface area contributed by atoms with E-state index < -0.39 is 11.8 Å². The number of halogens is 1. The Kier molecular flexibility index (Phi) is 11.4. The molecule has 0 saturated heterocycles. The second-order valence-corrected chi connectivity index (χ2v) is 5.32. The third-order valence-electron chi connectivity index (χ3n) is 2.96. The largest absolute Gasteiger partial charge is 0.379 e. The van der Waals surface area contributed by atoms with Crippen molar-refractivity contribution in [3.05, 3.63) is 0 Å². The minimum atomic E-state index is -1.24. The molecule has 0 aliphatic rings. The highest BCUT2D eigenvalue weighted by molar-refractivity contribution is 5.72. The lowest BCUT2D eigenvalue weighted by molar-refractivity contribution is -0.120. The van der Waals surface area contributed by atoms with Crippen molar-refractivity contribution in [1.29, 1.82) is 0 Å². The van der Waals surface area contributed by atoms with E-state index in [-0.39, 0.29) is 12.5 Å². The molecule has 0 heterocycles. The third-order valence-corrected chi connectivity index (χ3v) is 2.96. The second-order valence-electron chi connectivity index (χ2n) is 5.32. The zero-order valence-electron chi connectivity index (χ0n) is 13.6. The smallest absolute Gasteiger partial charge is 0.216 e. The molecule has 1 unspecified atom stereocenters. The maximum absolute atomic E-state index is 13.9. The van der Waals surface area contributed by atoms with Crippen LogP contribution in [-0.2, 0) is 14.3 Å². The molecule has 0 aromatic heterocycles. The highest BCUT2D eigenvalue weighted by Gasteiger charge is 2.30. The number of hydrogen-bond donors (Lipinski definition) is 3. The van der Waals surface area contributed by atoms with Crippen LogP contribution < -0.4 is 16.0 Å². The quantitative estimate of drug-likeness (QED) is 0.420. The van der Waals surface area contributed by atoms with Crippen LogP contribution in [0.2, 0.25) is 0 Å². The Morgan fingerprint density at radius 2 is 1.81 bits per heavy atom. The normalized spacial score (nSPS) is 13.2. The van der Waals surface area contributed by atoms with Crippen LogP contribution in [0.5, 0.6) is 0 Å². The summed E-state index contributed by atoms with van der Waals surface area (Å²) in [5.41, 5.74) is -0.923. The summed E-state index contributed by atoms with van der Waals surface area (Å²) >= 11 is 0. The number of carbonyl (C=O) groups is 1. The second kappa shape index (κ2) is 11.9. The van der Waals surface area contributed by atoms with E-state index in [1.165, 1.54) is 6.92 Å². The van der Waals surface area contributed by atoms with Gasteiger partial charge in [0.25, 0.3) is 0 Å². The van der Waals surface area contributed by atoms with Crippen LogP contribution in [0.4, 0.5) is 4.39 Å². The molecule has 3 N–H and O–H groups in total. The number of likely N-dealkylation sites (N-methyl/N-ethyl adjacent to an activating group) is 1. The predicted molar refractivity (Wildman–Crippen MR) is 81.2 cm³/mol. The molecule has 1 amide bonds. The van der Waals surface area contributed by atoms with Crippen molar-refractivity contribution in [3.8, 4) is 0 Å². The number of ether oxygens (including phenoxy) is 2. The molecular weight excluding hydrogens is 277 g/mol. The summed E-state index contributed by atoms with van der Waals surface area (Å²) in [6.07, 6.45) is -1.24. The molecule has 0 saturated carbocycles. The first-order valence-corrected chi connectivity index (χ1v) is 7.35. The average Bonchev–Trinajstić information content (AvgIpc) is 2.42. The molecule has 0 aliphatic heterocycles. The molecule has 0 aromatic carbocycles. The fourth-order valence-electron chi connectivity index (χ4n) is 1.50. The summed E-state index contributed by atoms with van der Waals surface area (Å²) < 4.78 is 24.8. The van der Waals surface area contributed by atoms with E-state index in [0.717, 1.165) is 13.1 Å². The van der Waals surface area contributed by atoms with Gasteiger partial charge in [0.15, 0.2) is 0 Å². The molecule has 21 heavy (non-hydrogen) atoms. The number of hydrogen-bond acceptors (Lipinski definition) is 5. The first-order valence-electron chi connectivity index (χ1n) is 7.35. The van der Waals surface area contributed by atoms with E-state index >= 15 is 0 Å². The van der Waals surface area contributed by atoms with Crippen molar-refractivity contribution in [1.82, 2.24) is 16.0 Å². The molecule has 0 fully saturated rings.